The van der Waals surface area contributed by atoms with Crippen molar-refractivity contribution in [2.24, 2.45) is 0 Å². The molecule has 37 heavy (non-hydrogen) atoms. The number of amides is 3. The van der Waals surface area contributed by atoms with Crippen LogP contribution in [0, 0.1) is 0 Å². The van der Waals surface area contributed by atoms with E-state index in [2.05, 4.69) is 10.6 Å². The second-order valence-electron chi connectivity index (χ2n) is 9.18. The first-order valence-electron chi connectivity index (χ1n) is 12.1. The highest BCUT2D eigenvalue weighted by molar-refractivity contribution is 7.92. The average Bonchev–Trinajstić information content (AvgIpc) is 2.89. The first-order valence-corrected chi connectivity index (χ1v) is 14.1. The Morgan fingerprint density at radius 3 is 2.19 bits per heavy atom. The fourth-order valence-electron chi connectivity index (χ4n) is 4.71. The van der Waals surface area contributed by atoms with Crippen LogP contribution in [0.25, 0.3) is 0 Å². The highest BCUT2D eigenvalue weighted by atomic mass is 35.5. The van der Waals surface area contributed by atoms with Crippen molar-refractivity contribution in [1.29, 1.82) is 0 Å². The molecule has 5 rings (SSSR count). The van der Waals surface area contributed by atoms with Gasteiger partial charge in [0.25, 0.3) is 0 Å². The molecule has 0 saturated carbocycles. The molecule has 8 nitrogen and oxygen atoms in total. The number of hydrogen-bond acceptors (Lipinski definition) is 4. The standard InChI is InChI=1S/C27H27ClN4O4S/c28-21-7-9-23(10-8-21)30-27(34)31-18-20-6-2-1-5-19(20)17-25(31)26(33)29-22-11-13-24(14-12-22)32-15-3-4-16-37(32,35)36/h1-2,5-14,25H,3-4,15-18H2,(H,29,33)(H,30,34). The highest BCUT2D eigenvalue weighted by Gasteiger charge is 2.35. The number of benzene rings is 3. The summed E-state index contributed by atoms with van der Waals surface area (Å²) in [6.45, 7) is 0.743. The molecule has 2 heterocycles. The molecule has 0 spiro atoms. The Kier molecular flexibility index (Phi) is 7.08. The topological polar surface area (TPSA) is 98.8 Å². The van der Waals surface area contributed by atoms with Crippen molar-refractivity contribution in [3.63, 3.8) is 0 Å². The molecule has 1 atom stereocenters. The SMILES string of the molecule is O=C(Nc1ccc(N2CCCCS2(=O)=O)cc1)C1Cc2ccccc2CN1C(=O)Nc1ccc(Cl)cc1. The van der Waals surface area contributed by atoms with E-state index in [-0.39, 0.29) is 17.7 Å². The monoisotopic (exact) mass is 538 g/mol. The largest absolute Gasteiger partial charge is 0.324 e. The number of carbonyl (C=O) groups excluding carboxylic acids is 2. The molecule has 1 saturated heterocycles. The van der Waals surface area contributed by atoms with Gasteiger partial charge in [-0.2, -0.15) is 0 Å². The minimum atomic E-state index is -3.32. The zero-order chi connectivity index (χ0) is 26.0. The molecule has 3 amide bonds. The van der Waals surface area contributed by atoms with Gasteiger partial charge in [-0.1, -0.05) is 35.9 Å². The van der Waals surface area contributed by atoms with Crippen molar-refractivity contribution in [2.45, 2.75) is 31.8 Å². The van der Waals surface area contributed by atoms with Crippen molar-refractivity contribution in [1.82, 2.24) is 4.90 Å². The number of carbonyl (C=O) groups is 2. The Bertz CT molecular complexity index is 1410. The summed E-state index contributed by atoms with van der Waals surface area (Å²) in [5.74, 6) is -0.179. The maximum Gasteiger partial charge on any atom is 0.322 e. The molecule has 0 aliphatic carbocycles. The van der Waals surface area contributed by atoms with Crippen molar-refractivity contribution in [2.75, 3.05) is 27.2 Å². The van der Waals surface area contributed by atoms with E-state index < -0.39 is 16.1 Å². The number of urea groups is 1. The summed E-state index contributed by atoms with van der Waals surface area (Å²) < 4.78 is 26.2. The average molecular weight is 539 g/mol. The molecule has 0 bridgehead atoms. The summed E-state index contributed by atoms with van der Waals surface area (Å²) in [4.78, 5) is 28.2. The summed E-state index contributed by atoms with van der Waals surface area (Å²) >= 11 is 5.95. The van der Waals surface area contributed by atoms with Gasteiger partial charge in [-0.05, 0) is 72.5 Å². The van der Waals surface area contributed by atoms with Crippen LogP contribution >= 0.6 is 11.6 Å². The summed E-state index contributed by atoms with van der Waals surface area (Å²) in [5.41, 5.74) is 3.69. The van der Waals surface area contributed by atoms with Crippen LogP contribution in [0.2, 0.25) is 5.02 Å². The molecule has 10 heteroatoms. The Morgan fingerprint density at radius 2 is 1.49 bits per heavy atom. The smallest absolute Gasteiger partial charge is 0.322 e. The van der Waals surface area contributed by atoms with Gasteiger partial charge in [0.05, 0.1) is 11.4 Å². The molecular weight excluding hydrogens is 512 g/mol. The van der Waals surface area contributed by atoms with Gasteiger partial charge in [-0.15, -0.1) is 0 Å². The van der Waals surface area contributed by atoms with Crippen LogP contribution in [0.15, 0.2) is 72.8 Å². The molecule has 2 N–H and O–H groups in total. The van der Waals surface area contributed by atoms with Crippen molar-refractivity contribution in [3.8, 4) is 0 Å². The first-order chi connectivity index (χ1) is 17.8. The Hall–Kier alpha value is -3.56. The maximum absolute atomic E-state index is 13.4. The minimum absolute atomic E-state index is 0.141. The normalized spacial score (nSPS) is 18.6. The molecule has 2 aliphatic rings. The van der Waals surface area contributed by atoms with Crippen molar-refractivity contribution < 1.29 is 18.0 Å². The summed E-state index contributed by atoms with van der Waals surface area (Å²) in [6, 6.07) is 20.2. The molecule has 1 fully saturated rings. The minimum Gasteiger partial charge on any atom is -0.324 e. The number of anilines is 3. The molecular formula is C27H27ClN4O4S. The predicted octanol–water partition coefficient (Wildman–Crippen LogP) is 4.87. The van der Waals surface area contributed by atoms with E-state index in [4.69, 9.17) is 11.6 Å². The predicted molar refractivity (Wildman–Crippen MR) is 145 cm³/mol. The van der Waals surface area contributed by atoms with E-state index >= 15 is 0 Å². The van der Waals surface area contributed by atoms with Crippen LogP contribution in [0.5, 0.6) is 0 Å². The fourth-order valence-corrected chi connectivity index (χ4v) is 6.48. The number of hydrogen-bond donors (Lipinski definition) is 2. The van der Waals surface area contributed by atoms with E-state index in [0.717, 1.165) is 17.5 Å². The third-order valence-electron chi connectivity index (χ3n) is 6.68. The van der Waals surface area contributed by atoms with Gasteiger partial charge < -0.3 is 15.5 Å². The van der Waals surface area contributed by atoms with Crippen LogP contribution in [0.3, 0.4) is 0 Å². The van der Waals surface area contributed by atoms with Gasteiger partial charge in [0, 0.05) is 35.9 Å². The highest BCUT2D eigenvalue weighted by Crippen LogP contribution is 2.27. The third-order valence-corrected chi connectivity index (χ3v) is 8.80. The Labute approximate surface area is 221 Å². The number of sulfonamides is 1. The number of nitrogens with one attached hydrogen (secondary N) is 2. The lowest BCUT2D eigenvalue weighted by Crippen LogP contribution is -2.52. The van der Waals surface area contributed by atoms with Crippen LogP contribution in [0.4, 0.5) is 21.9 Å². The zero-order valence-electron chi connectivity index (χ0n) is 20.1. The number of rotatable bonds is 4. The Morgan fingerprint density at radius 1 is 0.838 bits per heavy atom. The molecule has 0 radical (unpaired) electrons. The van der Waals surface area contributed by atoms with E-state index in [1.165, 1.54) is 9.21 Å². The summed E-state index contributed by atoms with van der Waals surface area (Å²) in [5, 5.41) is 6.32. The molecule has 1 unspecified atom stereocenters. The van der Waals surface area contributed by atoms with E-state index in [1.807, 2.05) is 24.3 Å². The molecule has 3 aromatic carbocycles. The van der Waals surface area contributed by atoms with Crippen LogP contribution in [-0.4, -0.2) is 43.6 Å². The first kappa shape index (κ1) is 25.1. The lowest BCUT2D eigenvalue weighted by Gasteiger charge is -2.36. The van der Waals surface area contributed by atoms with E-state index in [9.17, 15) is 18.0 Å². The van der Waals surface area contributed by atoms with Crippen LogP contribution in [0.1, 0.15) is 24.0 Å². The van der Waals surface area contributed by atoms with Gasteiger partial charge in [0.2, 0.25) is 15.9 Å². The van der Waals surface area contributed by atoms with Gasteiger partial charge >= 0.3 is 6.03 Å². The molecule has 2 aliphatic heterocycles. The number of halogens is 1. The van der Waals surface area contributed by atoms with Gasteiger partial charge in [-0.25, -0.2) is 13.2 Å². The van der Waals surface area contributed by atoms with Gasteiger partial charge in [0.15, 0.2) is 0 Å². The Balaban J connectivity index is 1.34. The maximum atomic E-state index is 13.4. The summed E-state index contributed by atoms with van der Waals surface area (Å²) in [6.07, 6.45) is 1.86. The summed E-state index contributed by atoms with van der Waals surface area (Å²) in [7, 11) is -3.32. The number of fused-ring (bicyclic) bond motifs is 1. The fraction of sp³-hybridized carbons (Fsp3) is 0.259. The van der Waals surface area contributed by atoms with Crippen molar-refractivity contribution in [3.05, 3.63) is 88.9 Å². The van der Waals surface area contributed by atoms with Crippen LogP contribution in [-0.2, 0) is 27.8 Å². The van der Waals surface area contributed by atoms with Gasteiger partial charge in [0.1, 0.15) is 6.04 Å². The van der Waals surface area contributed by atoms with Gasteiger partial charge in [-0.3, -0.25) is 9.10 Å². The second-order valence-corrected chi connectivity index (χ2v) is 11.6. The molecule has 3 aromatic rings. The lowest BCUT2D eigenvalue weighted by atomic mass is 9.93. The quantitative estimate of drug-likeness (QED) is 0.495. The van der Waals surface area contributed by atoms with E-state index in [1.54, 1.807) is 48.5 Å². The zero-order valence-corrected chi connectivity index (χ0v) is 21.6. The van der Waals surface area contributed by atoms with Crippen LogP contribution < -0.4 is 14.9 Å². The second kappa shape index (κ2) is 10.4. The molecule has 0 aromatic heterocycles. The molecule has 192 valence electrons. The van der Waals surface area contributed by atoms with Crippen molar-refractivity contribution >= 4 is 50.6 Å². The number of nitrogens with zero attached hydrogens (tertiary/aromatic N) is 2. The lowest BCUT2D eigenvalue weighted by molar-refractivity contribution is -0.120. The van der Waals surface area contributed by atoms with E-state index in [0.29, 0.717) is 48.0 Å². The third kappa shape index (κ3) is 5.57.